The van der Waals surface area contributed by atoms with Crippen molar-refractivity contribution in [3.8, 4) is 0 Å². The van der Waals surface area contributed by atoms with Crippen LogP contribution >= 0.6 is 0 Å². The maximum atomic E-state index is 14.3. The average molecular weight is 385 g/mol. The van der Waals surface area contributed by atoms with Crippen LogP contribution in [0.5, 0.6) is 0 Å². The first-order valence-electron chi connectivity index (χ1n) is 7.83. The number of aliphatic hydroxyl groups is 2. The number of halogens is 3. The minimum absolute atomic E-state index is 0.149. The molecule has 27 heavy (non-hydrogen) atoms. The summed E-state index contributed by atoms with van der Waals surface area (Å²) in [5.74, 6) is -5.86. The van der Waals surface area contributed by atoms with Crippen molar-refractivity contribution < 1.29 is 33.0 Å². The Bertz CT molecular complexity index is 849. The standard InChI is InChI=1S/C17H18F3N3O4/c1-8-3-9(2)16(21-5-8)22-15-11(4-12(18)13(19)14(15)20)17(26)23-27-7-10(25)6-24/h3-5,10,24-25H,6-7H2,1-2H3,(H,21,22)(H,23,26). The van der Waals surface area contributed by atoms with Crippen molar-refractivity contribution in [2.75, 3.05) is 18.5 Å². The van der Waals surface area contributed by atoms with Crippen LogP contribution in [0.25, 0.3) is 0 Å². The molecule has 1 amide bonds. The molecule has 1 heterocycles. The Kier molecular flexibility index (Phi) is 6.72. The third-order valence-corrected chi connectivity index (χ3v) is 3.52. The molecule has 0 aliphatic carbocycles. The fourth-order valence-corrected chi connectivity index (χ4v) is 2.17. The van der Waals surface area contributed by atoms with E-state index in [9.17, 15) is 18.0 Å². The van der Waals surface area contributed by atoms with Gasteiger partial charge in [-0.3, -0.25) is 9.63 Å². The summed E-state index contributed by atoms with van der Waals surface area (Å²) in [5, 5.41) is 20.3. The molecule has 0 spiro atoms. The highest BCUT2D eigenvalue weighted by atomic mass is 19.2. The summed E-state index contributed by atoms with van der Waals surface area (Å²) in [6, 6.07) is 2.23. The highest BCUT2D eigenvalue weighted by Crippen LogP contribution is 2.29. The molecule has 1 aromatic heterocycles. The second-order valence-electron chi connectivity index (χ2n) is 5.79. The predicted octanol–water partition coefficient (Wildman–Crippen LogP) is 1.87. The van der Waals surface area contributed by atoms with Crippen molar-refractivity contribution in [2.24, 2.45) is 0 Å². The molecule has 0 saturated carbocycles. The molecule has 2 rings (SSSR count). The van der Waals surface area contributed by atoms with E-state index in [-0.39, 0.29) is 5.82 Å². The number of aliphatic hydroxyl groups excluding tert-OH is 2. The number of nitrogens with zero attached hydrogens (tertiary/aromatic N) is 1. The molecular formula is C17H18F3N3O4. The molecule has 10 heteroatoms. The van der Waals surface area contributed by atoms with Crippen LogP contribution in [0, 0.1) is 31.3 Å². The number of rotatable bonds is 7. The topological polar surface area (TPSA) is 104 Å². The van der Waals surface area contributed by atoms with Crippen molar-refractivity contribution in [3.05, 3.63) is 52.5 Å². The molecule has 0 aliphatic heterocycles. The highest BCUT2D eigenvalue weighted by molar-refractivity contribution is 6.00. The number of benzene rings is 1. The Hall–Kier alpha value is -2.69. The normalized spacial score (nSPS) is 12.0. The lowest BCUT2D eigenvalue weighted by molar-refractivity contribution is -0.0295. The van der Waals surface area contributed by atoms with Crippen LogP contribution in [0.1, 0.15) is 21.5 Å². The molecule has 1 aromatic carbocycles. The van der Waals surface area contributed by atoms with Gasteiger partial charge in [0, 0.05) is 6.20 Å². The lowest BCUT2D eigenvalue weighted by Crippen LogP contribution is -2.30. The van der Waals surface area contributed by atoms with Gasteiger partial charge in [-0.1, -0.05) is 6.07 Å². The molecular weight excluding hydrogens is 367 g/mol. The van der Waals surface area contributed by atoms with Crippen LogP contribution in [-0.2, 0) is 4.84 Å². The van der Waals surface area contributed by atoms with Crippen molar-refractivity contribution in [1.29, 1.82) is 0 Å². The highest BCUT2D eigenvalue weighted by Gasteiger charge is 2.24. The zero-order chi connectivity index (χ0) is 20.1. The molecule has 2 aromatic rings. The molecule has 1 atom stereocenters. The molecule has 0 radical (unpaired) electrons. The minimum atomic E-state index is -1.75. The Morgan fingerprint density at radius 1 is 1.26 bits per heavy atom. The Labute approximate surface area is 152 Å². The molecule has 0 bridgehead atoms. The number of pyridine rings is 1. The largest absolute Gasteiger partial charge is 0.394 e. The van der Waals surface area contributed by atoms with Gasteiger partial charge in [-0.05, 0) is 31.0 Å². The first kappa shape index (κ1) is 20.6. The van der Waals surface area contributed by atoms with E-state index in [4.69, 9.17) is 10.2 Å². The van der Waals surface area contributed by atoms with E-state index >= 15 is 0 Å². The van der Waals surface area contributed by atoms with Gasteiger partial charge in [0.25, 0.3) is 5.91 Å². The molecule has 4 N–H and O–H groups in total. The van der Waals surface area contributed by atoms with Gasteiger partial charge in [-0.25, -0.2) is 23.6 Å². The fraction of sp³-hybridized carbons (Fsp3) is 0.294. The minimum Gasteiger partial charge on any atom is -0.394 e. The third-order valence-electron chi connectivity index (χ3n) is 3.52. The van der Waals surface area contributed by atoms with Crippen LogP contribution < -0.4 is 10.8 Å². The summed E-state index contributed by atoms with van der Waals surface area (Å²) < 4.78 is 41.6. The van der Waals surface area contributed by atoms with Gasteiger partial charge >= 0.3 is 0 Å². The summed E-state index contributed by atoms with van der Waals surface area (Å²) in [6.45, 7) is 2.38. The van der Waals surface area contributed by atoms with Crippen LogP contribution in [0.4, 0.5) is 24.7 Å². The number of aryl methyl sites for hydroxylation is 2. The smallest absolute Gasteiger partial charge is 0.277 e. The average Bonchev–Trinajstić information content (AvgIpc) is 2.63. The molecule has 0 saturated heterocycles. The van der Waals surface area contributed by atoms with E-state index < -0.39 is 53.9 Å². The Morgan fingerprint density at radius 2 is 1.96 bits per heavy atom. The molecule has 0 fully saturated rings. The number of hydrogen-bond acceptors (Lipinski definition) is 6. The van der Waals surface area contributed by atoms with Crippen LogP contribution in [0.15, 0.2) is 18.3 Å². The van der Waals surface area contributed by atoms with Gasteiger partial charge in [-0.2, -0.15) is 0 Å². The van der Waals surface area contributed by atoms with Crippen molar-refractivity contribution in [1.82, 2.24) is 10.5 Å². The van der Waals surface area contributed by atoms with E-state index in [1.165, 1.54) is 6.20 Å². The second kappa shape index (κ2) is 8.80. The summed E-state index contributed by atoms with van der Waals surface area (Å²) in [4.78, 5) is 20.9. The van der Waals surface area contributed by atoms with E-state index in [1.807, 2.05) is 5.48 Å². The predicted molar refractivity (Wildman–Crippen MR) is 89.8 cm³/mol. The first-order valence-corrected chi connectivity index (χ1v) is 7.83. The van der Waals surface area contributed by atoms with Crippen LogP contribution in [0.2, 0.25) is 0 Å². The summed E-state index contributed by atoms with van der Waals surface area (Å²) in [7, 11) is 0. The number of aromatic nitrogens is 1. The van der Waals surface area contributed by atoms with Crippen LogP contribution in [0.3, 0.4) is 0 Å². The van der Waals surface area contributed by atoms with Gasteiger partial charge in [-0.15, -0.1) is 0 Å². The lowest BCUT2D eigenvalue weighted by Gasteiger charge is -2.15. The summed E-state index contributed by atoms with van der Waals surface area (Å²) in [6.07, 6.45) is 0.218. The molecule has 0 aliphatic rings. The maximum absolute atomic E-state index is 14.3. The number of nitrogens with one attached hydrogen (secondary N) is 2. The number of hydrogen-bond donors (Lipinski definition) is 4. The quantitative estimate of drug-likeness (QED) is 0.429. The van der Waals surface area contributed by atoms with E-state index in [0.717, 1.165) is 5.56 Å². The molecule has 1 unspecified atom stereocenters. The van der Waals surface area contributed by atoms with E-state index in [0.29, 0.717) is 11.6 Å². The van der Waals surface area contributed by atoms with Crippen LogP contribution in [-0.4, -0.2) is 40.4 Å². The number of carbonyl (C=O) groups excluding carboxylic acids is 1. The zero-order valence-corrected chi connectivity index (χ0v) is 14.5. The zero-order valence-electron chi connectivity index (χ0n) is 14.5. The maximum Gasteiger partial charge on any atom is 0.277 e. The van der Waals surface area contributed by atoms with Gasteiger partial charge in [0.15, 0.2) is 17.5 Å². The van der Waals surface area contributed by atoms with Crippen molar-refractivity contribution in [2.45, 2.75) is 20.0 Å². The SMILES string of the molecule is Cc1cnc(Nc2c(C(=O)NOCC(O)CO)cc(F)c(F)c2F)c(C)c1. The van der Waals surface area contributed by atoms with Crippen molar-refractivity contribution in [3.63, 3.8) is 0 Å². The number of carbonyl (C=O) groups is 1. The second-order valence-corrected chi connectivity index (χ2v) is 5.79. The van der Waals surface area contributed by atoms with Gasteiger partial charge in [0.2, 0.25) is 0 Å². The Balaban J connectivity index is 2.34. The van der Waals surface area contributed by atoms with E-state index in [2.05, 4.69) is 15.1 Å². The Morgan fingerprint density at radius 3 is 2.59 bits per heavy atom. The third kappa shape index (κ3) is 4.94. The summed E-state index contributed by atoms with van der Waals surface area (Å²) in [5.41, 5.74) is 2.08. The number of amides is 1. The summed E-state index contributed by atoms with van der Waals surface area (Å²) >= 11 is 0. The van der Waals surface area contributed by atoms with E-state index in [1.54, 1.807) is 19.9 Å². The number of hydroxylamine groups is 1. The molecule has 146 valence electrons. The first-order chi connectivity index (χ1) is 12.7. The fourth-order valence-electron chi connectivity index (χ4n) is 2.17. The van der Waals surface area contributed by atoms with Gasteiger partial charge in [0.1, 0.15) is 18.5 Å². The van der Waals surface area contributed by atoms with Gasteiger partial charge in [0.05, 0.1) is 17.9 Å². The monoisotopic (exact) mass is 385 g/mol. The van der Waals surface area contributed by atoms with Gasteiger partial charge < -0.3 is 15.5 Å². The lowest BCUT2D eigenvalue weighted by atomic mass is 10.1. The number of anilines is 2. The molecule has 7 nitrogen and oxygen atoms in total. The van der Waals surface area contributed by atoms with Crippen molar-refractivity contribution >= 4 is 17.4 Å².